The predicted octanol–water partition coefficient (Wildman–Crippen LogP) is 6.76. The maximum Gasteiger partial charge on any atom is 0.130 e. The van der Waals surface area contributed by atoms with Crippen molar-refractivity contribution in [2.45, 2.75) is 85.0 Å². The molecule has 3 rings (SSSR count). The Labute approximate surface area is 183 Å². The number of methoxy groups -OCH3 is 2. The van der Waals surface area contributed by atoms with Crippen molar-refractivity contribution < 1.29 is 14.6 Å². The lowest BCUT2D eigenvalue weighted by molar-refractivity contribution is 0.0828. The third-order valence-electron chi connectivity index (χ3n) is 8.41. The van der Waals surface area contributed by atoms with E-state index in [1.807, 2.05) is 0 Å². The highest BCUT2D eigenvalue weighted by atomic mass is 16.5. The van der Waals surface area contributed by atoms with Crippen LogP contribution in [0.5, 0.6) is 11.5 Å². The number of ether oxygens (including phenoxy) is 2. The Kier molecular flexibility index (Phi) is 6.63. The number of unbranched alkanes of at least 4 members (excludes halogenated alkanes) is 3. The van der Waals surface area contributed by atoms with Crippen LogP contribution in [0.25, 0.3) is 5.57 Å². The van der Waals surface area contributed by atoms with Gasteiger partial charge in [0.2, 0.25) is 0 Å². The van der Waals surface area contributed by atoms with E-state index < -0.39 is 0 Å². The molecule has 0 amide bonds. The Morgan fingerprint density at radius 3 is 2.20 bits per heavy atom. The topological polar surface area (TPSA) is 38.7 Å². The second-order valence-electron chi connectivity index (χ2n) is 10.6. The van der Waals surface area contributed by atoms with Gasteiger partial charge >= 0.3 is 0 Å². The van der Waals surface area contributed by atoms with Crippen LogP contribution in [0.4, 0.5) is 0 Å². The van der Waals surface area contributed by atoms with E-state index in [2.05, 4.69) is 52.8 Å². The van der Waals surface area contributed by atoms with Crippen molar-refractivity contribution in [2.24, 2.45) is 16.7 Å². The van der Waals surface area contributed by atoms with Gasteiger partial charge in [-0.1, -0.05) is 66.4 Å². The first-order valence-corrected chi connectivity index (χ1v) is 11.8. The SMILES string of the molecule is CCCCCCC(C)(C)c1cc(OC)c(C2=C[C@H]3CC[C@@]2(CO)C3(C)C)c(OC)c1. The van der Waals surface area contributed by atoms with Crippen LogP contribution in [0.3, 0.4) is 0 Å². The monoisotopic (exact) mass is 414 g/mol. The molecule has 0 radical (unpaired) electrons. The van der Waals surface area contributed by atoms with E-state index in [-0.39, 0.29) is 22.9 Å². The van der Waals surface area contributed by atoms with E-state index in [0.29, 0.717) is 5.92 Å². The van der Waals surface area contributed by atoms with Gasteiger partial charge in [0, 0.05) is 5.41 Å². The first kappa shape index (κ1) is 23.2. The summed E-state index contributed by atoms with van der Waals surface area (Å²) >= 11 is 0. The van der Waals surface area contributed by atoms with Gasteiger partial charge in [-0.3, -0.25) is 0 Å². The number of aliphatic hydroxyl groups is 1. The Morgan fingerprint density at radius 1 is 1.07 bits per heavy atom. The van der Waals surface area contributed by atoms with E-state index in [0.717, 1.165) is 36.3 Å². The van der Waals surface area contributed by atoms with Crippen LogP contribution in [-0.4, -0.2) is 25.9 Å². The third kappa shape index (κ3) is 3.57. The normalized spacial score (nSPS) is 24.8. The van der Waals surface area contributed by atoms with Crippen molar-refractivity contribution in [2.75, 3.05) is 20.8 Å². The van der Waals surface area contributed by atoms with Crippen LogP contribution < -0.4 is 9.47 Å². The Hall–Kier alpha value is -1.48. The maximum atomic E-state index is 10.5. The molecule has 0 aliphatic heterocycles. The number of aliphatic hydroxyl groups excluding tert-OH is 1. The summed E-state index contributed by atoms with van der Waals surface area (Å²) in [6.45, 7) is 11.7. The molecule has 0 spiro atoms. The van der Waals surface area contributed by atoms with E-state index in [1.165, 1.54) is 36.8 Å². The maximum absolute atomic E-state index is 10.5. The van der Waals surface area contributed by atoms with Gasteiger partial charge in [0.1, 0.15) is 11.5 Å². The second-order valence-corrected chi connectivity index (χ2v) is 10.6. The number of rotatable bonds is 10. The molecule has 1 saturated carbocycles. The third-order valence-corrected chi connectivity index (χ3v) is 8.41. The molecule has 0 unspecified atom stereocenters. The molecule has 3 nitrogen and oxygen atoms in total. The minimum atomic E-state index is -0.227. The van der Waals surface area contributed by atoms with Gasteiger partial charge < -0.3 is 14.6 Å². The van der Waals surface area contributed by atoms with Crippen molar-refractivity contribution in [1.82, 2.24) is 0 Å². The fraction of sp³-hybridized carbons (Fsp3) is 0.704. The van der Waals surface area contributed by atoms with Crippen molar-refractivity contribution in [1.29, 1.82) is 0 Å². The van der Waals surface area contributed by atoms with Gasteiger partial charge in [-0.25, -0.2) is 0 Å². The first-order chi connectivity index (χ1) is 14.2. The molecule has 1 N–H and O–H groups in total. The van der Waals surface area contributed by atoms with Crippen LogP contribution in [0.15, 0.2) is 18.2 Å². The molecular weight excluding hydrogens is 372 g/mol. The van der Waals surface area contributed by atoms with Crippen molar-refractivity contribution in [3.63, 3.8) is 0 Å². The van der Waals surface area contributed by atoms with Crippen LogP contribution in [-0.2, 0) is 5.41 Å². The lowest BCUT2D eigenvalue weighted by Gasteiger charge is -2.40. The van der Waals surface area contributed by atoms with Crippen molar-refractivity contribution >= 4 is 5.57 Å². The fourth-order valence-electron chi connectivity index (χ4n) is 5.97. The highest BCUT2D eigenvalue weighted by Crippen LogP contribution is 2.69. The number of hydrogen-bond acceptors (Lipinski definition) is 3. The van der Waals surface area contributed by atoms with E-state index >= 15 is 0 Å². The highest BCUT2D eigenvalue weighted by molar-refractivity contribution is 5.83. The molecule has 2 aliphatic carbocycles. The molecule has 0 heterocycles. The number of fused-ring (bicyclic) bond motifs is 2. The first-order valence-electron chi connectivity index (χ1n) is 11.8. The van der Waals surface area contributed by atoms with Gasteiger partial charge in [0.05, 0.1) is 26.4 Å². The Balaban J connectivity index is 2.03. The van der Waals surface area contributed by atoms with Gasteiger partial charge in [0.15, 0.2) is 0 Å². The summed E-state index contributed by atoms with van der Waals surface area (Å²) < 4.78 is 11.9. The average Bonchev–Trinajstić information content (AvgIpc) is 3.11. The molecule has 2 aliphatic rings. The molecule has 168 valence electrons. The lowest BCUT2D eigenvalue weighted by atomic mass is 9.65. The fourth-order valence-corrected chi connectivity index (χ4v) is 5.97. The van der Waals surface area contributed by atoms with Gasteiger partial charge in [-0.2, -0.15) is 0 Å². The quantitative estimate of drug-likeness (QED) is 0.430. The molecule has 0 aromatic heterocycles. The van der Waals surface area contributed by atoms with Gasteiger partial charge in [-0.05, 0) is 59.3 Å². The highest BCUT2D eigenvalue weighted by Gasteiger charge is 2.60. The average molecular weight is 415 g/mol. The largest absolute Gasteiger partial charge is 0.496 e. The Bertz CT molecular complexity index is 764. The smallest absolute Gasteiger partial charge is 0.130 e. The summed E-state index contributed by atoms with van der Waals surface area (Å²) in [5.74, 6) is 2.23. The zero-order valence-electron chi connectivity index (χ0n) is 20.2. The molecule has 1 aromatic carbocycles. The summed E-state index contributed by atoms with van der Waals surface area (Å²) in [6.07, 6.45) is 10.8. The zero-order valence-corrected chi connectivity index (χ0v) is 20.2. The Morgan fingerprint density at radius 2 is 1.70 bits per heavy atom. The summed E-state index contributed by atoms with van der Waals surface area (Å²) in [6, 6.07) is 4.42. The predicted molar refractivity (Wildman–Crippen MR) is 125 cm³/mol. The lowest BCUT2D eigenvalue weighted by Crippen LogP contribution is -2.36. The summed E-state index contributed by atoms with van der Waals surface area (Å²) in [5.41, 5.74) is 3.39. The number of hydrogen-bond donors (Lipinski definition) is 1. The van der Waals surface area contributed by atoms with Crippen molar-refractivity contribution in [3.05, 3.63) is 29.3 Å². The number of benzene rings is 1. The molecule has 30 heavy (non-hydrogen) atoms. The molecule has 1 aromatic rings. The molecule has 2 bridgehead atoms. The van der Waals surface area contributed by atoms with Crippen LogP contribution in [0, 0.1) is 16.7 Å². The van der Waals surface area contributed by atoms with Gasteiger partial charge in [0.25, 0.3) is 0 Å². The van der Waals surface area contributed by atoms with Gasteiger partial charge in [-0.15, -0.1) is 0 Å². The van der Waals surface area contributed by atoms with Crippen LogP contribution >= 0.6 is 0 Å². The van der Waals surface area contributed by atoms with Crippen LogP contribution in [0.2, 0.25) is 0 Å². The second kappa shape index (κ2) is 8.57. The molecule has 3 heteroatoms. The van der Waals surface area contributed by atoms with Crippen molar-refractivity contribution in [3.8, 4) is 11.5 Å². The minimum Gasteiger partial charge on any atom is -0.496 e. The molecular formula is C27H42O3. The van der Waals surface area contributed by atoms with E-state index in [1.54, 1.807) is 14.2 Å². The van der Waals surface area contributed by atoms with E-state index in [4.69, 9.17) is 9.47 Å². The minimum absolute atomic E-state index is 0.0460. The molecule has 0 saturated heterocycles. The summed E-state index contributed by atoms with van der Waals surface area (Å²) in [5, 5.41) is 10.5. The molecule has 2 atom stereocenters. The standard InChI is InChI=1S/C27H42O3/c1-8-9-10-11-13-25(2,3)20-16-22(29-6)24(23(17-20)30-7)21-15-19-12-14-27(21,18-28)26(19,4)5/h15-17,19,28H,8-14,18H2,1-7H3/t19-,27+/m1/s1. The molecule has 1 fully saturated rings. The van der Waals surface area contributed by atoms with E-state index in [9.17, 15) is 5.11 Å². The summed E-state index contributed by atoms with van der Waals surface area (Å²) in [4.78, 5) is 0. The van der Waals surface area contributed by atoms with Crippen LogP contribution in [0.1, 0.15) is 90.7 Å². The summed E-state index contributed by atoms with van der Waals surface area (Å²) in [7, 11) is 3.50. The zero-order chi connectivity index (χ0) is 22.2. The number of allylic oxidation sites excluding steroid dienone is 1.